The first-order chi connectivity index (χ1) is 10.9. The van der Waals surface area contributed by atoms with Crippen LogP contribution in [0.5, 0.6) is 5.75 Å². The minimum atomic E-state index is -0.410. The highest BCUT2D eigenvalue weighted by Gasteiger charge is 2.00. The molecule has 0 aliphatic carbocycles. The van der Waals surface area contributed by atoms with Crippen LogP contribution < -0.4 is 27.3 Å². The number of anilines is 4. The van der Waals surface area contributed by atoms with Crippen molar-refractivity contribution in [2.24, 2.45) is 0 Å². The zero-order valence-electron chi connectivity index (χ0n) is 13.3. The van der Waals surface area contributed by atoms with E-state index in [1.807, 2.05) is 6.07 Å². The Morgan fingerprint density at radius 1 is 1.09 bits per heavy atom. The van der Waals surface area contributed by atoms with E-state index in [1.165, 1.54) is 12.1 Å². The van der Waals surface area contributed by atoms with Crippen LogP contribution >= 0.6 is 0 Å². The fourth-order valence-electron chi connectivity index (χ4n) is 1.75. The fourth-order valence-corrected chi connectivity index (χ4v) is 1.75. The molecule has 23 heavy (non-hydrogen) atoms. The Kier molecular flexibility index (Phi) is 6.95. The van der Waals surface area contributed by atoms with Crippen molar-refractivity contribution < 1.29 is 14.2 Å². The number of benzene rings is 2. The van der Waals surface area contributed by atoms with Crippen LogP contribution in [0.2, 0.25) is 0 Å². The molecule has 0 radical (unpaired) electrons. The lowest BCUT2D eigenvalue weighted by molar-refractivity contribution is 0.311. The summed E-state index contributed by atoms with van der Waals surface area (Å²) in [6.45, 7) is 2.36. The van der Waals surface area contributed by atoms with E-state index in [-0.39, 0.29) is 12.3 Å². The summed E-state index contributed by atoms with van der Waals surface area (Å²) >= 11 is 0. The van der Waals surface area contributed by atoms with Gasteiger partial charge in [-0.2, -0.15) is 0 Å². The molecule has 0 bridgehead atoms. The number of methoxy groups -OCH3 is 1. The summed E-state index contributed by atoms with van der Waals surface area (Å²) < 4.78 is 17.6. The number of nitrogens with one attached hydrogen (secondary N) is 1. The van der Waals surface area contributed by atoms with Crippen molar-refractivity contribution >= 4 is 22.7 Å². The molecule has 7 heteroatoms. The van der Waals surface area contributed by atoms with Crippen LogP contribution in [0.1, 0.15) is 5.56 Å². The molecule has 0 saturated heterocycles. The van der Waals surface area contributed by atoms with Crippen LogP contribution in [-0.2, 0) is 0 Å². The zero-order valence-corrected chi connectivity index (χ0v) is 13.3. The van der Waals surface area contributed by atoms with E-state index in [4.69, 9.17) is 27.0 Å². The van der Waals surface area contributed by atoms with E-state index in [1.54, 1.807) is 26.2 Å². The van der Waals surface area contributed by atoms with Gasteiger partial charge in [0, 0.05) is 17.9 Å². The number of hydrogen-bond acceptors (Lipinski definition) is 6. The minimum Gasteiger partial charge on any atom is -0.495 e. The maximum atomic E-state index is 12.6. The minimum absolute atomic E-state index is 0.100. The third-order valence-electron chi connectivity index (χ3n) is 3.06. The van der Waals surface area contributed by atoms with Gasteiger partial charge in [-0.05, 0) is 42.8 Å². The second kappa shape index (κ2) is 8.70. The molecule has 0 fully saturated rings. The van der Waals surface area contributed by atoms with Gasteiger partial charge in [-0.25, -0.2) is 4.39 Å². The van der Waals surface area contributed by atoms with Gasteiger partial charge in [0.15, 0.2) is 0 Å². The van der Waals surface area contributed by atoms with Gasteiger partial charge in [-0.1, -0.05) is 0 Å². The number of nitrogen functional groups attached to an aromatic ring is 3. The Bertz CT molecular complexity index is 600. The summed E-state index contributed by atoms with van der Waals surface area (Å²) in [7, 11) is 1.58. The molecule has 0 spiro atoms. The van der Waals surface area contributed by atoms with Crippen LogP contribution in [0.4, 0.5) is 27.1 Å². The molecule has 0 heterocycles. The lowest BCUT2D eigenvalue weighted by Gasteiger charge is -2.08. The average Bonchev–Trinajstić information content (AvgIpc) is 2.52. The Labute approximate surface area is 135 Å². The molecule has 2 aromatic rings. The molecule has 6 nitrogen and oxygen atoms in total. The predicted octanol–water partition coefficient (Wildman–Crippen LogP) is 1.98. The van der Waals surface area contributed by atoms with Crippen LogP contribution in [0.15, 0.2) is 30.3 Å². The maximum Gasteiger partial charge on any atom is 0.146 e. The highest BCUT2D eigenvalue weighted by atomic mass is 19.1. The molecule has 126 valence electrons. The quantitative estimate of drug-likeness (QED) is 0.549. The molecule has 0 unspecified atom stereocenters. The van der Waals surface area contributed by atoms with Gasteiger partial charge < -0.3 is 32.4 Å². The summed E-state index contributed by atoms with van der Waals surface area (Å²) in [6.07, 6.45) is 0. The third-order valence-corrected chi connectivity index (χ3v) is 3.06. The lowest BCUT2D eigenvalue weighted by atomic mass is 10.2. The summed E-state index contributed by atoms with van der Waals surface area (Å²) in [4.78, 5) is 0. The van der Waals surface area contributed by atoms with Gasteiger partial charge in [0.1, 0.15) is 11.6 Å². The molecular formula is C16H23FN4O2. The van der Waals surface area contributed by atoms with E-state index in [2.05, 4.69) is 5.32 Å². The largest absolute Gasteiger partial charge is 0.495 e. The summed E-state index contributed by atoms with van der Waals surface area (Å²) in [6, 6.07) is 8.16. The molecule has 8 N–H and O–H groups in total. The molecule has 0 atom stereocenters. The number of hydrogen-bond donors (Lipinski definition) is 5. The van der Waals surface area contributed by atoms with E-state index in [9.17, 15) is 4.39 Å². The summed E-state index contributed by atoms with van der Waals surface area (Å²) in [5, 5.41) is 11.6. The highest BCUT2D eigenvalue weighted by molar-refractivity contribution is 5.62. The van der Waals surface area contributed by atoms with Crippen LogP contribution in [0.25, 0.3) is 0 Å². The van der Waals surface area contributed by atoms with Gasteiger partial charge in [0.2, 0.25) is 0 Å². The second-order valence-electron chi connectivity index (χ2n) is 4.84. The molecule has 2 rings (SSSR count). The maximum absolute atomic E-state index is 12.6. The van der Waals surface area contributed by atoms with Crippen molar-refractivity contribution in [3.8, 4) is 5.75 Å². The summed E-state index contributed by atoms with van der Waals surface area (Å²) in [5.41, 5.74) is 19.2. The summed E-state index contributed by atoms with van der Waals surface area (Å²) in [5.74, 6) is 0.251. The van der Waals surface area contributed by atoms with Gasteiger partial charge in [-0.3, -0.25) is 0 Å². The van der Waals surface area contributed by atoms with Gasteiger partial charge in [0.05, 0.1) is 25.1 Å². The Morgan fingerprint density at radius 3 is 2.30 bits per heavy atom. The molecule has 0 aromatic heterocycles. The van der Waals surface area contributed by atoms with Crippen LogP contribution in [0.3, 0.4) is 0 Å². The average molecular weight is 322 g/mol. The van der Waals surface area contributed by atoms with Crippen LogP contribution in [-0.4, -0.2) is 25.4 Å². The molecule has 0 amide bonds. The smallest absolute Gasteiger partial charge is 0.146 e. The highest BCUT2D eigenvalue weighted by Crippen LogP contribution is 2.24. The van der Waals surface area contributed by atoms with Crippen molar-refractivity contribution in [1.82, 2.24) is 0 Å². The van der Waals surface area contributed by atoms with Crippen molar-refractivity contribution in [3.05, 3.63) is 41.7 Å². The van der Waals surface area contributed by atoms with Crippen molar-refractivity contribution in [2.75, 3.05) is 42.8 Å². The molecule has 2 aromatic carbocycles. The number of ether oxygens (including phenoxy) is 1. The lowest BCUT2D eigenvalue weighted by Crippen LogP contribution is -2.05. The standard InChI is InChI=1S/C9H14N2O2.C7H9FN2/c1-13-9-3-2-7(6-8(9)10)11-4-5-12;1-4-2-5(8)7(10)3-6(4)9/h2-3,6,11-12H,4-5,10H2,1H3;2-3H,9-10H2,1H3. The van der Waals surface area contributed by atoms with E-state index in [0.717, 1.165) is 5.69 Å². The van der Waals surface area contributed by atoms with Crippen molar-refractivity contribution in [2.45, 2.75) is 6.92 Å². The molecule has 0 saturated carbocycles. The van der Waals surface area contributed by atoms with Crippen molar-refractivity contribution in [3.63, 3.8) is 0 Å². The SMILES string of the molecule is COc1ccc(NCCO)cc1N.Cc1cc(F)c(N)cc1N. The van der Waals surface area contributed by atoms with Gasteiger partial charge in [0.25, 0.3) is 0 Å². The third kappa shape index (κ3) is 5.55. The van der Waals surface area contributed by atoms with Gasteiger partial charge in [-0.15, -0.1) is 0 Å². The Hall–Kier alpha value is -2.67. The second-order valence-corrected chi connectivity index (χ2v) is 4.84. The van der Waals surface area contributed by atoms with E-state index in [0.29, 0.717) is 29.2 Å². The van der Waals surface area contributed by atoms with Crippen molar-refractivity contribution in [1.29, 1.82) is 0 Å². The number of halogens is 1. The number of aliphatic hydroxyl groups is 1. The molecule has 0 aliphatic heterocycles. The number of aliphatic hydroxyl groups excluding tert-OH is 1. The first-order valence-corrected chi connectivity index (χ1v) is 6.98. The normalized spacial score (nSPS) is 9.74. The zero-order chi connectivity index (χ0) is 17.4. The number of rotatable bonds is 4. The van der Waals surface area contributed by atoms with Crippen LogP contribution in [0, 0.1) is 12.7 Å². The Balaban J connectivity index is 0.000000238. The van der Waals surface area contributed by atoms with E-state index >= 15 is 0 Å². The molecular weight excluding hydrogens is 299 g/mol. The van der Waals surface area contributed by atoms with E-state index < -0.39 is 5.82 Å². The topological polar surface area (TPSA) is 120 Å². The monoisotopic (exact) mass is 322 g/mol. The first kappa shape index (κ1) is 18.4. The number of aryl methyl sites for hydroxylation is 1. The van der Waals surface area contributed by atoms with Gasteiger partial charge >= 0.3 is 0 Å². The molecule has 0 aliphatic rings. The fraction of sp³-hybridized carbons (Fsp3) is 0.250. The first-order valence-electron chi connectivity index (χ1n) is 6.98. The predicted molar refractivity (Wildman–Crippen MR) is 92.9 cm³/mol. The Morgan fingerprint density at radius 2 is 1.78 bits per heavy atom. The number of nitrogens with two attached hydrogens (primary N) is 3.